The maximum Gasteiger partial charge on any atom is 0.233 e. The van der Waals surface area contributed by atoms with Gasteiger partial charge in [0.05, 0.1) is 5.41 Å². The molecule has 2 heteroatoms. The van der Waals surface area contributed by atoms with Crippen LogP contribution >= 0.6 is 0 Å². The molecule has 1 N–H and O–H groups in total. The van der Waals surface area contributed by atoms with Gasteiger partial charge in [0.15, 0.2) is 0 Å². The molecule has 1 aliphatic carbocycles. The Morgan fingerprint density at radius 2 is 1.93 bits per heavy atom. The molecule has 0 spiro atoms. The van der Waals surface area contributed by atoms with E-state index in [2.05, 4.69) is 5.32 Å². The minimum absolute atomic E-state index is 0.0168. The van der Waals surface area contributed by atoms with Gasteiger partial charge in [-0.05, 0) is 13.8 Å². The summed E-state index contributed by atoms with van der Waals surface area (Å²) in [5.41, 5.74) is 0.645. The minimum atomic E-state index is -0.511. The molecule has 0 saturated carbocycles. The van der Waals surface area contributed by atoms with E-state index in [1.54, 1.807) is 7.05 Å². The van der Waals surface area contributed by atoms with Crippen LogP contribution in [0.25, 0.3) is 0 Å². The Morgan fingerprint density at radius 1 is 1.33 bits per heavy atom. The van der Waals surface area contributed by atoms with Crippen LogP contribution in [-0.4, -0.2) is 13.0 Å². The smallest absolute Gasteiger partial charge is 0.233 e. The molecular formula is C13H21NO. The maximum absolute atomic E-state index is 11.5. The van der Waals surface area contributed by atoms with Crippen LogP contribution in [0.5, 0.6) is 0 Å². The van der Waals surface area contributed by atoms with Crippen molar-refractivity contribution in [1.82, 2.24) is 5.32 Å². The topological polar surface area (TPSA) is 29.1 Å². The van der Waals surface area contributed by atoms with Gasteiger partial charge in [-0.1, -0.05) is 49.8 Å². The summed E-state index contributed by atoms with van der Waals surface area (Å²) in [6.07, 6.45) is 9.70. The largest absolute Gasteiger partial charge is 0.358 e. The van der Waals surface area contributed by atoms with E-state index in [9.17, 15) is 4.79 Å². The third kappa shape index (κ3) is 3.74. The summed E-state index contributed by atoms with van der Waals surface area (Å²) in [6.45, 7) is 7.90. The second-order valence-corrected chi connectivity index (χ2v) is 3.46. The number of nitrogens with one attached hydrogen (secondary N) is 1. The Hall–Kier alpha value is -1.31. The maximum atomic E-state index is 11.5. The Morgan fingerprint density at radius 3 is 2.47 bits per heavy atom. The molecule has 1 unspecified atom stereocenters. The van der Waals surface area contributed by atoms with Crippen molar-refractivity contribution >= 4 is 5.91 Å². The second kappa shape index (κ2) is 6.23. The van der Waals surface area contributed by atoms with Gasteiger partial charge in [0.25, 0.3) is 0 Å². The van der Waals surface area contributed by atoms with Crippen molar-refractivity contribution in [3.05, 3.63) is 36.0 Å². The summed E-state index contributed by atoms with van der Waals surface area (Å²) in [5.74, 6) is 0.0168. The monoisotopic (exact) mass is 207 g/mol. The first kappa shape index (κ1) is 13.7. The van der Waals surface area contributed by atoms with E-state index in [0.29, 0.717) is 0 Å². The third-order valence-electron chi connectivity index (χ3n) is 2.21. The van der Waals surface area contributed by atoms with E-state index in [1.807, 2.05) is 58.1 Å². The predicted octanol–water partition coefficient (Wildman–Crippen LogP) is 2.84. The molecule has 0 aromatic heterocycles. The highest BCUT2D eigenvalue weighted by molar-refractivity contribution is 5.86. The van der Waals surface area contributed by atoms with E-state index in [0.717, 1.165) is 5.57 Å². The van der Waals surface area contributed by atoms with Gasteiger partial charge in [-0.25, -0.2) is 0 Å². The number of hydrogen-bond acceptors (Lipinski definition) is 1. The highest BCUT2D eigenvalue weighted by atomic mass is 16.2. The number of carbonyl (C=O) groups is 1. The van der Waals surface area contributed by atoms with Crippen LogP contribution in [0.3, 0.4) is 0 Å². The zero-order valence-electron chi connectivity index (χ0n) is 10.3. The normalized spacial score (nSPS) is 23.4. The van der Waals surface area contributed by atoms with Gasteiger partial charge >= 0.3 is 0 Å². The van der Waals surface area contributed by atoms with Crippen LogP contribution in [-0.2, 0) is 4.79 Å². The lowest BCUT2D eigenvalue weighted by molar-refractivity contribution is -0.125. The number of allylic oxidation sites excluding steroid dienone is 4. The number of amides is 1. The second-order valence-electron chi connectivity index (χ2n) is 3.46. The average molecular weight is 207 g/mol. The van der Waals surface area contributed by atoms with Gasteiger partial charge < -0.3 is 5.32 Å². The van der Waals surface area contributed by atoms with Crippen LogP contribution in [0.15, 0.2) is 36.0 Å². The first-order valence-electron chi connectivity index (χ1n) is 5.36. The van der Waals surface area contributed by atoms with Crippen molar-refractivity contribution in [2.75, 3.05) is 7.05 Å². The van der Waals surface area contributed by atoms with Crippen molar-refractivity contribution in [2.24, 2.45) is 5.41 Å². The van der Waals surface area contributed by atoms with Crippen molar-refractivity contribution in [3.8, 4) is 0 Å². The van der Waals surface area contributed by atoms with Gasteiger partial charge in [-0.15, -0.1) is 0 Å². The van der Waals surface area contributed by atoms with Gasteiger partial charge in [-0.2, -0.15) is 0 Å². The lowest BCUT2D eigenvalue weighted by Crippen LogP contribution is -2.33. The fourth-order valence-electron chi connectivity index (χ4n) is 1.24. The van der Waals surface area contributed by atoms with E-state index in [4.69, 9.17) is 0 Å². The first-order chi connectivity index (χ1) is 7.08. The summed E-state index contributed by atoms with van der Waals surface area (Å²) in [5, 5.41) is 2.65. The van der Waals surface area contributed by atoms with E-state index >= 15 is 0 Å². The SMILES string of the molecule is CC.CNC(=O)C1(C)C=CC=C(C)C=C1. The lowest BCUT2D eigenvalue weighted by atomic mass is 9.89. The molecule has 0 aromatic carbocycles. The Kier molecular flexibility index (Phi) is 5.68. The lowest BCUT2D eigenvalue weighted by Gasteiger charge is -2.18. The van der Waals surface area contributed by atoms with Gasteiger partial charge in [0.2, 0.25) is 5.91 Å². The van der Waals surface area contributed by atoms with Crippen LogP contribution in [0.1, 0.15) is 27.7 Å². The molecule has 0 fully saturated rings. The number of carbonyl (C=O) groups excluding carboxylic acids is 1. The zero-order chi connectivity index (χ0) is 11.9. The molecule has 15 heavy (non-hydrogen) atoms. The molecule has 1 amide bonds. The van der Waals surface area contributed by atoms with Crippen molar-refractivity contribution < 1.29 is 4.79 Å². The fraction of sp³-hybridized carbons (Fsp3) is 0.462. The van der Waals surface area contributed by atoms with Gasteiger partial charge in [-0.3, -0.25) is 4.79 Å². The molecule has 1 atom stereocenters. The van der Waals surface area contributed by atoms with E-state index in [-0.39, 0.29) is 5.91 Å². The summed E-state index contributed by atoms with van der Waals surface area (Å²) in [6, 6.07) is 0. The van der Waals surface area contributed by atoms with Gasteiger partial charge in [0, 0.05) is 7.05 Å². The molecule has 0 radical (unpaired) electrons. The van der Waals surface area contributed by atoms with Crippen molar-refractivity contribution in [1.29, 1.82) is 0 Å². The third-order valence-corrected chi connectivity index (χ3v) is 2.21. The predicted molar refractivity (Wildman–Crippen MR) is 65.6 cm³/mol. The standard InChI is InChI=1S/C11H15NO.C2H6/c1-9-5-4-7-11(2,8-6-9)10(13)12-3;1-2/h4-8H,1-3H3,(H,12,13);1-2H3. The number of hydrogen-bond donors (Lipinski definition) is 1. The molecule has 0 heterocycles. The fourth-order valence-corrected chi connectivity index (χ4v) is 1.24. The molecule has 1 rings (SSSR count). The van der Waals surface area contributed by atoms with Crippen LogP contribution < -0.4 is 5.32 Å². The molecule has 0 saturated heterocycles. The van der Waals surface area contributed by atoms with Crippen LogP contribution in [0.2, 0.25) is 0 Å². The quantitative estimate of drug-likeness (QED) is 0.704. The summed E-state index contributed by atoms with van der Waals surface area (Å²) < 4.78 is 0. The van der Waals surface area contributed by atoms with Crippen LogP contribution in [0.4, 0.5) is 0 Å². The molecular weight excluding hydrogens is 186 g/mol. The summed E-state index contributed by atoms with van der Waals surface area (Å²) in [7, 11) is 1.65. The van der Waals surface area contributed by atoms with E-state index < -0.39 is 5.41 Å². The van der Waals surface area contributed by atoms with Crippen molar-refractivity contribution in [2.45, 2.75) is 27.7 Å². The zero-order valence-corrected chi connectivity index (χ0v) is 10.3. The van der Waals surface area contributed by atoms with Crippen LogP contribution in [0, 0.1) is 5.41 Å². The van der Waals surface area contributed by atoms with Gasteiger partial charge in [0.1, 0.15) is 0 Å². The molecule has 0 aliphatic heterocycles. The van der Waals surface area contributed by atoms with E-state index in [1.165, 1.54) is 0 Å². The van der Waals surface area contributed by atoms with Crippen molar-refractivity contribution in [3.63, 3.8) is 0 Å². The Balaban J connectivity index is 0.000000921. The molecule has 0 bridgehead atoms. The summed E-state index contributed by atoms with van der Waals surface area (Å²) in [4.78, 5) is 11.5. The number of rotatable bonds is 1. The Bertz CT molecular complexity index is 300. The molecule has 2 nitrogen and oxygen atoms in total. The summed E-state index contributed by atoms with van der Waals surface area (Å²) >= 11 is 0. The average Bonchev–Trinajstić information content (AvgIpc) is 2.44. The first-order valence-corrected chi connectivity index (χ1v) is 5.36. The molecule has 1 aliphatic rings. The minimum Gasteiger partial charge on any atom is -0.358 e. The highest BCUT2D eigenvalue weighted by Crippen LogP contribution is 2.23. The Labute approximate surface area is 92.8 Å². The highest BCUT2D eigenvalue weighted by Gasteiger charge is 2.26. The molecule has 84 valence electrons. The molecule has 0 aromatic rings.